The lowest BCUT2D eigenvalue weighted by Gasteiger charge is -2.26. The average molecular weight is 424 g/mol. The van der Waals surface area contributed by atoms with Gasteiger partial charge >= 0.3 is 5.97 Å². The van der Waals surface area contributed by atoms with Crippen LogP contribution in [0.4, 0.5) is 0 Å². The molecule has 0 atom stereocenters. The molecule has 0 saturated carbocycles. The third-order valence-corrected chi connectivity index (χ3v) is 6.57. The number of ether oxygens (including phenoxy) is 2. The number of morpholine rings is 1. The molecule has 1 aliphatic heterocycles. The van der Waals surface area contributed by atoms with E-state index in [1.54, 1.807) is 30.3 Å². The lowest BCUT2D eigenvalue weighted by molar-refractivity contribution is 0.0474. The molecular formula is C19H18ClNO6S. The minimum absolute atomic E-state index is 0.00269. The highest BCUT2D eigenvalue weighted by molar-refractivity contribution is 7.89. The van der Waals surface area contributed by atoms with Gasteiger partial charge in [0.15, 0.2) is 12.4 Å². The van der Waals surface area contributed by atoms with Gasteiger partial charge in [-0.05, 0) is 18.2 Å². The van der Waals surface area contributed by atoms with E-state index in [1.807, 2.05) is 0 Å². The maximum Gasteiger partial charge on any atom is 0.338 e. The summed E-state index contributed by atoms with van der Waals surface area (Å²) in [6, 6.07) is 12.3. The van der Waals surface area contributed by atoms with Crippen molar-refractivity contribution in [1.29, 1.82) is 0 Å². The van der Waals surface area contributed by atoms with Crippen LogP contribution in [0.5, 0.6) is 0 Å². The molecule has 0 bridgehead atoms. The smallest absolute Gasteiger partial charge is 0.338 e. The van der Waals surface area contributed by atoms with Gasteiger partial charge in [0.25, 0.3) is 0 Å². The van der Waals surface area contributed by atoms with E-state index < -0.39 is 22.6 Å². The molecule has 2 aromatic carbocycles. The van der Waals surface area contributed by atoms with Gasteiger partial charge in [-0.3, -0.25) is 4.79 Å². The van der Waals surface area contributed by atoms with E-state index in [0.29, 0.717) is 18.8 Å². The van der Waals surface area contributed by atoms with E-state index in [4.69, 9.17) is 21.1 Å². The molecule has 0 aromatic heterocycles. The molecule has 2 aromatic rings. The Morgan fingerprint density at radius 1 is 1.04 bits per heavy atom. The maximum atomic E-state index is 12.8. The third-order valence-electron chi connectivity index (χ3n) is 4.18. The van der Waals surface area contributed by atoms with Crippen LogP contribution in [-0.2, 0) is 19.5 Å². The number of hydrogen-bond donors (Lipinski definition) is 0. The molecule has 1 saturated heterocycles. The molecule has 0 unspecified atom stereocenters. The summed E-state index contributed by atoms with van der Waals surface area (Å²) < 4.78 is 37.1. The van der Waals surface area contributed by atoms with Crippen LogP contribution < -0.4 is 0 Å². The van der Waals surface area contributed by atoms with E-state index in [1.165, 1.54) is 22.5 Å². The van der Waals surface area contributed by atoms with Gasteiger partial charge in [-0.2, -0.15) is 4.31 Å². The van der Waals surface area contributed by atoms with Crippen molar-refractivity contribution in [2.75, 3.05) is 32.9 Å². The van der Waals surface area contributed by atoms with E-state index in [0.717, 1.165) is 0 Å². The Labute approximate surface area is 167 Å². The normalized spacial score (nSPS) is 15.2. The molecule has 0 N–H and O–H groups in total. The Balaban J connectivity index is 1.75. The summed E-state index contributed by atoms with van der Waals surface area (Å²) in [5, 5.41) is 0.00315. The lowest BCUT2D eigenvalue weighted by Crippen LogP contribution is -2.40. The number of carbonyl (C=O) groups is 2. The molecule has 148 valence electrons. The van der Waals surface area contributed by atoms with E-state index in [2.05, 4.69) is 0 Å². The van der Waals surface area contributed by atoms with Crippen molar-refractivity contribution in [1.82, 2.24) is 4.31 Å². The van der Waals surface area contributed by atoms with Gasteiger partial charge in [0.1, 0.15) is 4.90 Å². The van der Waals surface area contributed by atoms with Crippen molar-refractivity contribution < 1.29 is 27.5 Å². The second-order valence-electron chi connectivity index (χ2n) is 6.03. The third kappa shape index (κ3) is 4.59. The molecule has 0 spiro atoms. The first-order valence-electron chi connectivity index (χ1n) is 8.52. The SMILES string of the molecule is O=C(COC(=O)c1ccc(Cl)c(S(=O)(=O)N2CCOCC2)c1)c1ccccc1. The number of halogens is 1. The molecule has 1 heterocycles. The zero-order chi connectivity index (χ0) is 20.1. The lowest BCUT2D eigenvalue weighted by atomic mass is 10.1. The first-order valence-corrected chi connectivity index (χ1v) is 10.3. The number of Topliss-reactive ketones (excluding diaryl/α,β-unsaturated/α-hetero) is 1. The summed E-state index contributed by atoms with van der Waals surface area (Å²) in [5.74, 6) is -1.16. The summed E-state index contributed by atoms with van der Waals surface area (Å²) in [4.78, 5) is 24.2. The van der Waals surface area contributed by atoms with Crippen molar-refractivity contribution in [3.8, 4) is 0 Å². The van der Waals surface area contributed by atoms with Crippen LogP contribution in [-0.4, -0.2) is 57.4 Å². The van der Waals surface area contributed by atoms with Crippen LogP contribution >= 0.6 is 11.6 Å². The number of esters is 1. The Hall–Kier alpha value is -2.26. The fraction of sp³-hybridized carbons (Fsp3) is 0.263. The second kappa shape index (κ2) is 8.83. The molecule has 0 amide bonds. The minimum atomic E-state index is -3.88. The van der Waals surface area contributed by atoms with Gasteiger partial charge in [-0.15, -0.1) is 0 Å². The van der Waals surface area contributed by atoms with Gasteiger partial charge in [0.05, 0.1) is 23.8 Å². The van der Waals surface area contributed by atoms with Gasteiger partial charge < -0.3 is 9.47 Å². The highest BCUT2D eigenvalue weighted by Crippen LogP contribution is 2.26. The number of hydrogen-bond acceptors (Lipinski definition) is 6. The molecule has 1 fully saturated rings. The van der Waals surface area contributed by atoms with Crippen molar-refractivity contribution in [3.05, 3.63) is 64.7 Å². The number of benzene rings is 2. The van der Waals surface area contributed by atoms with Crippen molar-refractivity contribution in [2.24, 2.45) is 0 Å². The number of rotatable bonds is 6. The van der Waals surface area contributed by atoms with Gasteiger partial charge in [-0.1, -0.05) is 41.9 Å². The number of nitrogens with zero attached hydrogens (tertiary/aromatic N) is 1. The molecular weight excluding hydrogens is 406 g/mol. The monoisotopic (exact) mass is 423 g/mol. The number of ketones is 1. The Bertz CT molecular complexity index is 971. The molecule has 0 radical (unpaired) electrons. The molecule has 9 heteroatoms. The molecule has 7 nitrogen and oxygen atoms in total. The van der Waals surface area contributed by atoms with Gasteiger partial charge in [0, 0.05) is 18.7 Å². The van der Waals surface area contributed by atoms with Gasteiger partial charge in [-0.25, -0.2) is 13.2 Å². The van der Waals surface area contributed by atoms with Crippen LogP contribution in [0.25, 0.3) is 0 Å². The fourth-order valence-electron chi connectivity index (χ4n) is 2.68. The Morgan fingerprint density at radius 3 is 2.39 bits per heavy atom. The zero-order valence-corrected chi connectivity index (χ0v) is 16.4. The minimum Gasteiger partial charge on any atom is -0.454 e. The van der Waals surface area contributed by atoms with Crippen molar-refractivity contribution >= 4 is 33.4 Å². The van der Waals surface area contributed by atoms with E-state index in [-0.39, 0.29) is 34.4 Å². The number of sulfonamides is 1. The van der Waals surface area contributed by atoms with Crippen LogP contribution in [0.15, 0.2) is 53.4 Å². The van der Waals surface area contributed by atoms with Crippen LogP contribution in [0.1, 0.15) is 20.7 Å². The summed E-state index contributed by atoms with van der Waals surface area (Å²) >= 11 is 6.07. The first kappa shape index (κ1) is 20.5. The number of carbonyl (C=O) groups excluding carboxylic acids is 2. The molecule has 3 rings (SSSR count). The topological polar surface area (TPSA) is 90.0 Å². The van der Waals surface area contributed by atoms with Crippen LogP contribution in [0.2, 0.25) is 5.02 Å². The summed E-state index contributed by atoms with van der Waals surface area (Å²) in [6.45, 7) is 0.551. The van der Waals surface area contributed by atoms with E-state index >= 15 is 0 Å². The van der Waals surface area contributed by atoms with Crippen molar-refractivity contribution in [3.63, 3.8) is 0 Å². The predicted molar refractivity (Wildman–Crippen MR) is 102 cm³/mol. The highest BCUT2D eigenvalue weighted by Gasteiger charge is 2.29. The zero-order valence-electron chi connectivity index (χ0n) is 14.8. The standard InChI is InChI=1S/C19H18ClNO6S/c20-16-7-6-15(12-18(16)28(24,25)21-8-10-26-11-9-21)19(23)27-13-17(22)14-4-2-1-3-5-14/h1-7,12H,8-11,13H2. The largest absolute Gasteiger partial charge is 0.454 e. The highest BCUT2D eigenvalue weighted by atomic mass is 35.5. The van der Waals surface area contributed by atoms with E-state index in [9.17, 15) is 18.0 Å². The molecule has 0 aliphatic carbocycles. The molecule has 1 aliphatic rings. The summed E-state index contributed by atoms with van der Waals surface area (Å²) in [7, 11) is -3.88. The summed E-state index contributed by atoms with van der Waals surface area (Å²) in [6.07, 6.45) is 0. The Kier molecular flexibility index (Phi) is 6.46. The molecule has 28 heavy (non-hydrogen) atoms. The Morgan fingerprint density at radius 2 is 1.71 bits per heavy atom. The average Bonchev–Trinajstić information content (AvgIpc) is 2.73. The predicted octanol–water partition coefficient (Wildman–Crippen LogP) is 2.40. The summed E-state index contributed by atoms with van der Waals surface area (Å²) in [5.41, 5.74) is 0.416. The first-order chi connectivity index (χ1) is 13.4. The van der Waals surface area contributed by atoms with Crippen LogP contribution in [0.3, 0.4) is 0 Å². The fourth-order valence-corrected chi connectivity index (χ4v) is 4.58. The van der Waals surface area contributed by atoms with Gasteiger partial charge in [0.2, 0.25) is 10.0 Å². The quantitative estimate of drug-likeness (QED) is 0.523. The van der Waals surface area contributed by atoms with Crippen molar-refractivity contribution in [2.45, 2.75) is 4.90 Å². The maximum absolute atomic E-state index is 12.8. The van der Waals surface area contributed by atoms with Crippen LogP contribution in [0, 0.1) is 0 Å². The second-order valence-corrected chi connectivity index (χ2v) is 8.34.